The molecule has 2 aromatic heterocycles. The lowest BCUT2D eigenvalue weighted by molar-refractivity contribution is 0.0379. The Morgan fingerprint density at radius 2 is 2.04 bits per heavy atom. The third-order valence-electron chi connectivity index (χ3n) is 3.64. The largest absolute Gasteiger partial charge is 0.459 e. The van der Waals surface area contributed by atoms with Gasteiger partial charge in [-0.1, -0.05) is 17.7 Å². The third kappa shape index (κ3) is 3.60. The molecule has 5 nitrogen and oxygen atoms in total. The van der Waals surface area contributed by atoms with Crippen molar-refractivity contribution in [3.05, 3.63) is 58.6 Å². The Morgan fingerprint density at radius 3 is 2.77 bits per heavy atom. The summed E-state index contributed by atoms with van der Waals surface area (Å²) >= 11 is 5.86. The van der Waals surface area contributed by atoms with Crippen molar-refractivity contribution in [1.82, 2.24) is 9.97 Å². The van der Waals surface area contributed by atoms with Crippen molar-refractivity contribution in [2.45, 2.75) is 26.9 Å². The van der Waals surface area contributed by atoms with Crippen LogP contribution in [-0.4, -0.2) is 22.0 Å². The van der Waals surface area contributed by atoms with Crippen LogP contribution in [0.2, 0.25) is 5.02 Å². The van der Waals surface area contributed by atoms with Crippen LogP contribution in [0.5, 0.6) is 0 Å². The van der Waals surface area contributed by atoms with Gasteiger partial charge in [0.25, 0.3) is 0 Å². The van der Waals surface area contributed by atoms with Gasteiger partial charge in [0.15, 0.2) is 11.5 Å². The molecule has 0 bridgehead atoms. The molecule has 0 spiro atoms. The number of hydrogen-bond acceptors (Lipinski definition) is 5. The molecule has 7 heteroatoms. The lowest BCUT2D eigenvalue weighted by atomic mass is 10.1. The minimum atomic E-state index is -0.609. The second kappa shape index (κ2) is 7.25. The maximum atomic E-state index is 14.4. The second-order valence-corrected chi connectivity index (χ2v) is 6.46. The van der Waals surface area contributed by atoms with Crippen molar-refractivity contribution in [2.24, 2.45) is 0 Å². The van der Waals surface area contributed by atoms with Crippen molar-refractivity contribution < 1.29 is 13.9 Å². The number of hydrogen-bond donors (Lipinski definition) is 1. The van der Waals surface area contributed by atoms with Crippen LogP contribution in [0.3, 0.4) is 0 Å². The Labute approximate surface area is 155 Å². The van der Waals surface area contributed by atoms with Crippen LogP contribution in [0.25, 0.3) is 11.0 Å². The van der Waals surface area contributed by atoms with Crippen molar-refractivity contribution in [3.8, 4) is 0 Å². The monoisotopic (exact) mass is 373 g/mol. The molecule has 3 aromatic rings. The topological polar surface area (TPSA) is 64.1 Å². The summed E-state index contributed by atoms with van der Waals surface area (Å²) in [4.78, 5) is 21.1. The lowest BCUT2D eigenvalue weighted by Crippen LogP contribution is -2.14. The number of aryl methyl sites for hydroxylation is 1. The van der Waals surface area contributed by atoms with Crippen molar-refractivity contribution >= 4 is 40.0 Å². The summed E-state index contributed by atoms with van der Waals surface area (Å²) in [6.45, 7) is 5.34. The summed E-state index contributed by atoms with van der Waals surface area (Å²) in [7, 11) is 0. The van der Waals surface area contributed by atoms with Gasteiger partial charge in [-0.3, -0.25) is 0 Å². The van der Waals surface area contributed by atoms with Gasteiger partial charge in [-0.05, 0) is 45.0 Å². The van der Waals surface area contributed by atoms with Gasteiger partial charge in [-0.2, -0.15) is 0 Å². The smallest absolute Gasteiger partial charge is 0.342 e. The first-order valence-electron chi connectivity index (χ1n) is 8.05. The highest BCUT2D eigenvalue weighted by Crippen LogP contribution is 2.32. The number of carbonyl (C=O) groups is 1. The second-order valence-electron chi connectivity index (χ2n) is 6.05. The summed E-state index contributed by atoms with van der Waals surface area (Å²) in [6, 6.07) is 8.17. The maximum Gasteiger partial charge on any atom is 0.342 e. The summed E-state index contributed by atoms with van der Waals surface area (Å²) in [5, 5.41) is 3.52. The fraction of sp³-hybridized carbons (Fsp3) is 0.211. The number of rotatable bonds is 4. The summed E-state index contributed by atoms with van der Waals surface area (Å²) in [5.74, 6) is -1.16. The zero-order valence-electron chi connectivity index (χ0n) is 14.5. The molecule has 1 N–H and O–H groups in total. The quantitative estimate of drug-likeness (QED) is 0.649. The van der Waals surface area contributed by atoms with E-state index in [9.17, 15) is 9.18 Å². The van der Waals surface area contributed by atoms with E-state index >= 15 is 0 Å². The van der Waals surface area contributed by atoms with E-state index in [1.54, 1.807) is 32.0 Å². The molecule has 0 unspecified atom stereocenters. The number of carbonyl (C=O) groups excluding carboxylic acids is 1. The molecular formula is C19H17ClFN3O2. The highest BCUT2D eigenvalue weighted by atomic mass is 35.5. The van der Waals surface area contributed by atoms with Crippen LogP contribution >= 0.6 is 11.6 Å². The molecule has 26 heavy (non-hydrogen) atoms. The Morgan fingerprint density at radius 1 is 1.27 bits per heavy atom. The van der Waals surface area contributed by atoms with E-state index in [2.05, 4.69) is 15.3 Å². The molecule has 0 radical (unpaired) electrons. The van der Waals surface area contributed by atoms with E-state index < -0.39 is 11.8 Å². The predicted octanol–water partition coefficient (Wildman–Crippen LogP) is 5.04. The van der Waals surface area contributed by atoms with Crippen LogP contribution in [0.4, 0.5) is 15.8 Å². The average molecular weight is 374 g/mol. The molecule has 0 aliphatic carbocycles. The Balaban J connectivity index is 2.18. The summed E-state index contributed by atoms with van der Waals surface area (Å²) in [6.07, 6.45) is 1.08. The standard InChI is InChI=1S/C19H17ClFN3O2/c1-10(2)26-19(25)13-9-22-18-12(8-7-11(3)23-18)17(13)24-15-6-4-5-14(20)16(15)21/h4-10H,1-3H3,(H,22,23,24). The molecule has 0 amide bonds. The number of nitrogens with zero attached hydrogens (tertiary/aromatic N) is 2. The minimum absolute atomic E-state index is 0.0198. The van der Waals surface area contributed by atoms with Crippen molar-refractivity contribution in [2.75, 3.05) is 5.32 Å². The van der Waals surface area contributed by atoms with E-state index in [0.717, 1.165) is 5.69 Å². The molecule has 0 aliphatic heterocycles. The highest BCUT2D eigenvalue weighted by Gasteiger charge is 2.20. The van der Waals surface area contributed by atoms with Crippen LogP contribution in [0.15, 0.2) is 36.5 Å². The molecule has 1 aromatic carbocycles. The number of fused-ring (bicyclic) bond motifs is 1. The number of ether oxygens (including phenoxy) is 1. The molecule has 3 rings (SSSR count). The van der Waals surface area contributed by atoms with E-state index in [4.69, 9.17) is 16.3 Å². The first-order chi connectivity index (χ1) is 12.4. The van der Waals surface area contributed by atoms with E-state index in [-0.39, 0.29) is 22.4 Å². The Kier molecular flexibility index (Phi) is 5.04. The third-order valence-corrected chi connectivity index (χ3v) is 3.93. The fourth-order valence-corrected chi connectivity index (χ4v) is 2.65. The zero-order chi connectivity index (χ0) is 18.8. The van der Waals surface area contributed by atoms with E-state index in [1.165, 1.54) is 18.3 Å². The van der Waals surface area contributed by atoms with Gasteiger partial charge in [0.05, 0.1) is 22.5 Å². The van der Waals surface area contributed by atoms with Gasteiger partial charge >= 0.3 is 5.97 Å². The Bertz CT molecular complexity index is 992. The SMILES string of the molecule is Cc1ccc2c(Nc3cccc(Cl)c3F)c(C(=O)OC(C)C)cnc2n1. The minimum Gasteiger partial charge on any atom is -0.459 e. The van der Waals surface area contributed by atoms with Crippen LogP contribution in [0, 0.1) is 12.7 Å². The molecule has 134 valence electrons. The number of halogens is 2. The first kappa shape index (κ1) is 18.1. The highest BCUT2D eigenvalue weighted by molar-refractivity contribution is 6.31. The molecule has 0 saturated heterocycles. The van der Waals surface area contributed by atoms with Crippen LogP contribution in [-0.2, 0) is 4.74 Å². The van der Waals surface area contributed by atoms with Gasteiger partial charge in [-0.15, -0.1) is 0 Å². The van der Waals surface area contributed by atoms with Crippen molar-refractivity contribution in [3.63, 3.8) is 0 Å². The summed E-state index contributed by atoms with van der Waals surface area (Å²) < 4.78 is 19.6. The first-order valence-corrected chi connectivity index (χ1v) is 8.43. The van der Waals surface area contributed by atoms with Crippen LogP contribution < -0.4 is 5.32 Å². The van der Waals surface area contributed by atoms with Gasteiger partial charge in [0, 0.05) is 17.3 Å². The average Bonchev–Trinajstić information content (AvgIpc) is 2.58. The van der Waals surface area contributed by atoms with Gasteiger partial charge in [0.2, 0.25) is 0 Å². The van der Waals surface area contributed by atoms with Gasteiger partial charge in [-0.25, -0.2) is 19.2 Å². The molecule has 0 saturated carbocycles. The summed E-state index contributed by atoms with van der Waals surface area (Å²) in [5.41, 5.74) is 1.92. The molecule has 0 atom stereocenters. The number of esters is 1. The maximum absolute atomic E-state index is 14.4. The Hall–Kier alpha value is -2.73. The molecular weight excluding hydrogens is 357 g/mol. The molecule has 0 aliphatic rings. The predicted molar refractivity (Wildman–Crippen MR) is 99.5 cm³/mol. The molecule has 0 fully saturated rings. The number of nitrogens with one attached hydrogen (secondary N) is 1. The lowest BCUT2D eigenvalue weighted by Gasteiger charge is -2.16. The van der Waals surface area contributed by atoms with E-state index in [0.29, 0.717) is 16.7 Å². The molecule has 2 heterocycles. The number of aromatic nitrogens is 2. The van der Waals surface area contributed by atoms with Crippen LogP contribution in [0.1, 0.15) is 29.9 Å². The van der Waals surface area contributed by atoms with Gasteiger partial charge in [0.1, 0.15) is 5.56 Å². The number of benzene rings is 1. The zero-order valence-corrected chi connectivity index (χ0v) is 15.3. The van der Waals surface area contributed by atoms with Crippen molar-refractivity contribution in [1.29, 1.82) is 0 Å². The fourth-order valence-electron chi connectivity index (χ4n) is 2.47. The number of anilines is 2. The normalized spacial score (nSPS) is 11.0. The van der Waals surface area contributed by atoms with E-state index in [1.807, 2.05) is 6.92 Å². The number of pyridine rings is 2. The van der Waals surface area contributed by atoms with Gasteiger partial charge < -0.3 is 10.1 Å².